The van der Waals surface area contributed by atoms with Gasteiger partial charge in [0.2, 0.25) is 0 Å². The second kappa shape index (κ2) is 7.56. The van der Waals surface area contributed by atoms with Gasteiger partial charge in [0.15, 0.2) is 0 Å². The molecule has 0 radical (unpaired) electrons. The highest BCUT2D eigenvalue weighted by Gasteiger charge is 2.02. The molecule has 74 valence electrons. The van der Waals surface area contributed by atoms with E-state index in [0.29, 0.717) is 6.04 Å². The molecule has 0 amide bonds. The van der Waals surface area contributed by atoms with Crippen LogP contribution in [0, 0.1) is 5.92 Å². The first-order chi connectivity index (χ1) is 5.66. The average molecular weight is 172 g/mol. The first-order valence-electron chi connectivity index (χ1n) is 5.04. The molecule has 2 heteroatoms. The fraction of sp³-hybridized carbons (Fsp3) is 1.00. The Balaban J connectivity index is 3.14. The van der Waals surface area contributed by atoms with Gasteiger partial charge in [0.25, 0.3) is 0 Å². The summed E-state index contributed by atoms with van der Waals surface area (Å²) >= 11 is 0. The first kappa shape index (κ1) is 11.9. The number of nitrogens with one attached hydrogen (secondary N) is 2. The minimum atomic E-state index is 0.668. The van der Waals surface area contributed by atoms with Crippen LogP contribution in [0.5, 0.6) is 0 Å². The first-order valence-corrected chi connectivity index (χ1v) is 5.04. The fourth-order valence-electron chi connectivity index (χ4n) is 1.40. The van der Waals surface area contributed by atoms with Crippen LogP contribution in [-0.2, 0) is 0 Å². The molecule has 0 aliphatic carbocycles. The van der Waals surface area contributed by atoms with Crippen LogP contribution in [-0.4, -0.2) is 26.2 Å². The third-order valence-corrected chi connectivity index (χ3v) is 1.92. The maximum absolute atomic E-state index is 3.51. The molecule has 0 aromatic heterocycles. The highest BCUT2D eigenvalue weighted by atomic mass is 14.9. The van der Waals surface area contributed by atoms with E-state index in [4.69, 9.17) is 0 Å². The van der Waals surface area contributed by atoms with Crippen LogP contribution in [0.1, 0.15) is 33.6 Å². The van der Waals surface area contributed by atoms with Crippen LogP contribution >= 0.6 is 0 Å². The van der Waals surface area contributed by atoms with E-state index in [2.05, 4.69) is 31.4 Å². The Morgan fingerprint density at radius 3 is 2.25 bits per heavy atom. The normalized spacial score (nSPS) is 13.8. The van der Waals surface area contributed by atoms with Gasteiger partial charge in [-0.05, 0) is 45.8 Å². The van der Waals surface area contributed by atoms with E-state index in [9.17, 15) is 0 Å². The molecule has 1 unspecified atom stereocenters. The van der Waals surface area contributed by atoms with Crippen molar-refractivity contribution >= 4 is 0 Å². The van der Waals surface area contributed by atoms with E-state index in [-0.39, 0.29) is 0 Å². The summed E-state index contributed by atoms with van der Waals surface area (Å²) in [7, 11) is 2.00. The molecule has 0 saturated heterocycles. The average Bonchev–Trinajstić information content (AvgIpc) is 1.97. The largest absolute Gasteiger partial charge is 0.320 e. The van der Waals surface area contributed by atoms with Crippen molar-refractivity contribution in [1.82, 2.24) is 10.6 Å². The zero-order valence-corrected chi connectivity index (χ0v) is 8.98. The van der Waals surface area contributed by atoms with Gasteiger partial charge in [0.1, 0.15) is 0 Å². The van der Waals surface area contributed by atoms with Crippen molar-refractivity contribution in [3.8, 4) is 0 Å². The van der Waals surface area contributed by atoms with Crippen LogP contribution < -0.4 is 10.6 Å². The van der Waals surface area contributed by atoms with Crippen molar-refractivity contribution in [2.75, 3.05) is 20.1 Å². The van der Waals surface area contributed by atoms with Crippen molar-refractivity contribution in [1.29, 1.82) is 0 Å². The lowest BCUT2D eigenvalue weighted by Gasteiger charge is -2.15. The van der Waals surface area contributed by atoms with Crippen molar-refractivity contribution in [2.24, 2.45) is 5.92 Å². The lowest BCUT2D eigenvalue weighted by Crippen LogP contribution is -2.29. The molecule has 0 heterocycles. The van der Waals surface area contributed by atoms with Crippen LogP contribution in [0.15, 0.2) is 0 Å². The lowest BCUT2D eigenvalue weighted by atomic mass is 10.1. The molecule has 2 N–H and O–H groups in total. The number of hydrogen-bond donors (Lipinski definition) is 2. The van der Waals surface area contributed by atoms with E-state index in [1.807, 2.05) is 7.05 Å². The Morgan fingerprint density at radius 2 is 1.75 bits per heavy atom. The monoisotopic (exact) mass is 172 g/mol. The van der Waals surface area contributed by atoms with Gasteiger partial charge in [0, 0.05) is 6.04 Å². The minimum Gasteiger partial charge on any atom is -0.320 e. The maximum Gasteiger partial charge on any atom is 0.00411 e. The van der Waals surface area contributed by atoms with E-state index >= 15 is 0 Å². The van der Waals surface area contributed by atoms with E-state index < -0.39 is 0 Å². The van der Waals surface area contributed by atoms with Crippen LogP contribution in [0.25, 0.3) is 0 Å². The molecule has 2 nitrogen and oxygen atoms in total. The quantitative estimate of drug-likeness (QED) is 0.570. The summed E-state index contributed by atoms with van der Waals surface area (Å²) in [4.78, 5) is 0. The molecule has 0 fully saturated rings. The van der Waals surface area contributed by atoms with Gasteiger partial charge in [-0.25, -0.2) is 0 Å². The van der Waals surface area contributed by atoms with Gasteiger partial charge in [-0.2, -0.15) is 0 Å². The summed E-state index contributed by atoms with van der Waals surface area (Å²) in [5, 5.41) is 6.65. The Hall–Kier alpha value is -0.0800. The van der Waals surface area contributed by atoms with Gasteiger partial charge < -0.3 is 10.6 Å². The Kier molecular flexibility index (Phi) is 7.51. The van der Waals surface area contributed by atoms with Gasteiger partial charge in [-0.15, -0.1) is 0 Å². The smallest absolute Gasteiger partial charge is 0.00411 e. The lowest BCUT2D eigenvalue weighted by molar-refractivity contribution is 0.438. The Bertz CT molecular complexity index is 91.8. The number of rotatable bonds is 7. The van der Waals surface area contributed by atoms with E-state index in [0.717, 1.165) is 19.0 Å². The van der Waals surface area contributed by atoms with Crippen molar-refractivity contribution < 1.29 is 0 Å². The highest BCUT2D eigenvalue weighted by molar-refractivity contribution is 4.62. The van der Waals surface area contributed by atoms with E-state index in [1.165, 1.54) is 12.8 Å². The zero-order chi connectivity index (χ0) is 9.40. The summed E-state index contributed by atoms with van der Waals surface area (Å²) in [6.45, 7) is 9.05. The molecule has 0 bridgehead atoms. The van der Waals surface area contributed by atoms with Gasteiger partial charge in [0.05, 0.1) is 0 Å². The second-order valence-corrected chi connectivity index (χ2v) is 3.94. The summed E-state index contributed by atoms with van der Waals surface area (Å²) in [5.41, 5.74) is 0. The molecule has 0 aliphatic rings. The fourth-order valence-corrected chi connectivity index (χ4v) is 1.40. The molecule has 0 rings (SSSR count). The molecule has 0 aliphatic heterocycles. The topological polar surface area (TPSA) is 24.1 Å². The third kappa shape index (κ3) is 8.02. The maximum atomic E-state index is 3.51. The summed E-state index contributed by atoms with van der Waals surface area (Å²) in [6.07, 6.45) is 2.50. The SMILES string of the molecule is CNCCCNC(C)CC(C)C. The molecule has 12 heavy (non-hydrogen) atoms. The van der Waals surface area contributed by atoms with E-state index in [1.54, 1.807) is 0 Å². The van der Waals surface area contributed by atoms with Crippen molar-refractivity contribution in [3.63, 3.8) is 0 Å². The van der Waals surface area contributed by atoms with Gasteiger partial charge in [-0.1, -0.05) is 13.8 Å². The minimum absolute atomic E-state index is 0.668. The molecule has 0 aromatic carbocycles. The number of hydrogen-bond acceptors (Lipinski definition) is 2. The van der Waals surface area contributed by atoms with Crippen LogP contribution in [0.4, 0.5) is 0 Å². The molecule has 0 aromatic rings. The van der Waals surface area contributed by atoms with Gasteiger partial charge in [-0.3, -0.25) is 0 Å². The Labute approximate surface area is 77.1 Å². The second-order valence-electron chi connectivity index (χ2n) is 3.94. The van der Waals surface area contributed by atoms with Crippen LogP contribution in [0.3, 0.4) is 0 Å². The highest BCUT2D eigenvalue weighted by Crippen LogP contribution is 2.03. The van der Waals surface area contributed by atoms with Crippen molar-refractivity contribution in [2.45, 2.75) is 39.7 Å². The standard InChI is InChI=1S/C10H24N2/c1-9(2)8-10(3)12-7-5-6-11-4/h9-12H,5-8H2,1-4H3. The Morgan fingerprint density at radius 1 is 1.08 bits per heavy atom. The third-order valence-electron chi connectivity index (χ3n) is 1.92. The molecule has 1 atom stereocenters. The van der Waals surface area contributed by atoms with Gasteiger partial charge >= 0.3 is 0 Å². The van der Waals surface area contributed by atoms with Crippen LogP contribution in [0.2, 0.25) is 0 Å². The molecular weight excluding hydrogens is 148 g/mol. The molecule has 0 spiro atoms. The predicted molar refractivity (Wildman–Crippen MR) is 55.5 cm³/mol. The zero-order valence-electron chi connectivity index (χ0n) is 8.98. The summed E-state index contributed by atoms with van der Waals surface area (Å²) in [5.74, 6) is 0.803. The summed E-state index contributed by atoms with van der Waals surface area (Å²) in [6, 6.07) is 0.668. The molecule has 0 saturated carbocycles. The summed E-state index contributed by atoms with van der Waals surface area (Å²) < 4.78 is 0. The van der Waals surface area contributed by atoms with Crippen molar-refractivity contribution in [3.05, 3.63) is 0 Å². The predicted octanol–water partition coefficient (Wildman–Crippen LogP) is 1.62. The molecular formula is C10H24N2.